The molecule has 3 rings (SSSR count). The van der Waals surface area contributed by atoms with Crippen molar-refractivity contribution in [1.82, 2.24) is 25.0 Å². The van der Waals surface area contributed by atoms with Crippen molar-refractivity contribution in [3.05, 3.63) is 51.2 Å². The number of aliphatic imine (C=N–C) groups is 1. The van der Waals surface area contributed by atoms with Gasteiger partial charge in [-0.2, -0.15) is 5.10 Å². The van der Waals surface area contributed by atoms with Gasteiger partial charge in [-0.3, -0.25) is 9.56 Å². The van der Waals surface area contributed by atoms with Crippen LogP contribution in [0.15, 0.2) is 34.1 Å². The van der Waals surface area contributed by atoms with Crippen LogP contribution in [0.5, 0.6) is 0 Å². The Morgan fingerprint density at radius 2 is 2.19 bits per heavy atom. The lowest BCUT2D eigenvalue weighted by Crippen LogP contribution is -2.37. The molecule has 0 spiro atoms. The smallest absolute Gasteiger partial charge is 0.345 e. The summed E-state index contributed by atoms with van der Waals surface area (Å²) in [7, 11) is 1.74. The van der Waals surface area contributed by atoms with E-state index in [1.54, 1.807) is 11.7 Å². The first kappa shape index (κ1) is 21.7. The van der Waals surface area contributed by atoms with Crippen molar-refractivity contribution >= 4 is 41.5 Å². The van der Waals surface area contributed by atoms with Crippen LogP contribution < -0.4 is 16.3 Å². The van der Waals surface area contributed by atoms with E-state index in [9.17, 15) is 4.79 Å². The molecule has 1 aliphatic heterocycles. The minimum absolute atomic E-state index is 0. The maximum atomic E-state index is 12.3. The molecular formula is C18H26ClIN6O. The van der Waals surface area contributed by atoms with E-state index in [0.29, 0.717) is 19.6 Å². The molecule has 0 fully saturated rings. The van der Waals surface area contributed by atoms with Gasteiger partial charge in [0.05, 0.1) is 0 Å². The summed E-state index contributed by atoms with van der Waals surface area (Å²) in [5.74, 6) is 1.65. The summed E-state index contributed by atoms with van der Waals surface area (Å²) in [6.07, 6.45) is 3.89. The van der Waals surface area contributed by atoms with Gasteiger partial charge in [0.2, 0.25) is 0 Å². The lowest BCUT2D eigenvalue weighted by Gasteiger charge is -2.12. The summed E-state index contributed by atoms with van der Waals surface area (Å²) >= 11 is 6.00. The zero-order valence-corrected chi connectivity index (χ0v) is 18.5. The van der Waals surface area contributed by atoms with Crippen molar-refractivity contribution in [3.63, 3.8) is 0 Å². The number of fused-ring (bicyclic) bond motifs is 1. The Bertz CT molecular complexity index is 831. The average molecular weight is 505 g/mol. The van der Waals surface area contributed by atoms with Crippen molar-refractivity contribution in [2.75, 3.05) is 13.6 Å². The molecule has 2 aromatic rings. The van der Waals surface area contributed by atoms with E-state index < -0.39 is 0 Å². The van der Waals surface area contributed by atoms with Crippen LogP contribution in [0, 0.1) is 0 Å². The molecule has 0 bridgehead atoms. The summed E-state index contributed by atoms with van der Waals surface area (Å²) < 4.78 is 3.40. The Hall–Kier alpha value is -1.55. The van der Waals surface area contributed by atoms with Gasteiger partial charge in [-0.25, -0.2) is 9.48 Å². The Morgan fingerprint density at radius 3 is 2.93 bits per heavy atom. The van der Waals surface area contributed by atoms with Crippen molar-refractivity contribution < 1.29 is 0 Å². The van der Waals surface area contributed by atoms with E-state index in [1.165, 1.54) is 0 Å². The van der Waals surface area contributed by atoms with Gasteiger partial charge in [-0.05, 0) is 37.0 Å². The van der Waals surface area contributed by atoms with Crippen LogP contribution in [0.2, 0.25) is 5.02 Å². The van der Waals surface area contributed by atoms with Crippen LogP contribution in [0.3, 0.4) is 0 Å². The maximum Gasteiger partial charge on any atom is 0.345 e. The molecule has 0 aliphatic carbocycles. The highest BCUT2D eigenvalue weighted by molar-refractivity contribution is 14.0. The fraction of sp³-hybridized carbons (Fsp3) is 0.500. The van der Waals surface area contributed by atoms with E-state index in [2.05, 4.69) is 20.7 Å². The largest absolute Gasteiger partial charge is 0.356 e. The lowest BCUT2D eigenvalue weighted by atomic mass is 10.2. The predicted molar refractivity (Wildman–Crippen MR) is 119 cm³/mol. The highest BCUT2D eigenvalue weighted by atomic mass is 127. The van der Waals surface area contributed by atoms with Gasteiger partial charge in [-0.1, -0.05) is 23.7 Å². The zero-order valence-electron chi connectivity index (χ0n) is 15.4. The fourth-order valence-electron chi connectivity index (χ4n) is 3.08. The summed E-state index contributed by atoms with van der Waals surface area (Å²) in [5, 5.41) is 11.7. The first-order valence-corrected chi connectivity index (χ1v) is 9.40. The fourth-order valence-corrected chi connectivity index (χ4v) is 3.30. The third-order valence-corrected chi connectivity index (χ3v) is 4.68. The minimum Gasteiger partial charge on any atom is -0.356 e. The number of guanidine groups is 1. The highest BCUT2D eigenvalue weighted by Crippen LogP contribution is 2.10. The third kappa shape index (κ3) is 5.97. The quantitative estimate of drug-likeness (QED) is 0.274. The molecule has 27 heavy (non-hydrogen) atoms. The minimum atomic E-state index is 0. The van der Waals surface area contributed by atoms with Crippen molar-refractivity contribution in [1.29, 1.82) is 0 Å². The Labute approximate surface area is 181 Å². The molecule has 1 aromatic heterocycles. The molecule has 0 saturated carbocycles. The number of aromatic nitrogens is 3. The monoisotopic (exact) mass is 504 g/mol. The zero-order chi connectivity index (χ0) is 18.4. The second kappa shape index (κ2) is 10.7. The number of rotatable bonds is 6. The number of nitrogens with one attached hydrogen (secondary N) is 2. The normalized spacial score (nSPS) is 13.6. The molecule has 9 heteroatoms. The molecule has 2 N–H and O–H groups in total. The number of aryl methyl sites for hydroxylation is 2. The molecule has 7 nitrogen and oxygen atoms in total. The van der Waals surface area contributed by atoms with Crippen LogP contribution in [0.1, 0.15) is 30.7 Å². The SMILES string of the molecule is CN=C(NCCCn1nc2n(c1=O)CCCC2)NCc1cccc(Cl)c1.I. The number of nitrogens with zero attached hydrogens (tertiary/aromatic N) is 4. The van der Waals surface area contributed by atoms with Gasteiger partial charge in [0.1, 0.15) is 5.82 Å². The summed E-state index contributed by atoms with van der Waals surface area (Å²) in [4.78, 5) is 16.5. The number of hydrogen-bond donors (Lipinski definition) is 2. The molecule has 1 aliphatic rings. The van der Waals surface area contributed by atoms with Gasteiger partial charge in [0, 0.05) is 44.7 Å². The summed E-state index contributed by atoms with van der Waals surface area (Å²) in [6.45, 7) is 2.76. The molecular weight excluding hydrogens is 479 g/mol. The number of halogens is 2. The van der Waals surface area contributed by atoms with Gasteiger partial charge >= 0.3 is 5.69 Å². The lowest BCUT2D eigenvalue weighted by molar-refractivity contribution is 0.509. The molecule has 0 amide bonds. The van der Waals surface area contributed by atoms with Gasteiger partial charge in [0.25, 0.3) is 0 Å². The molecule has 148 valence electrons. The van der Waals surface area contributed by atoms with Gasteiger partial charge in [-0.15, -0.1) is 24.0 Å². The Morgan fingerprint density at radius 1 is 1.33 bits per heavy atom. The van der Waals surface area contributed by atoms with Crippen LogP contribution >= 0.6 is 35.6 Å². The molecule has 2 heterocycles. The summed E-state index contributed by atoms with van der Waals surface area (Å²) in [6, 6.07) is 7.72. The van der Waals surface area contributed by atoms with E-state index >= 15 is 0 Å². The van der Waals surface area contributed by atoms with Crippen molar-refractivity contribution in [2.45, 2.75) is 45.3 Å². The van der Waals surface area contributed by atoms with E-state index in [1.807, 2.05) is 28.8 Å². The van der Waals surface area contributed by atoms with Crippen LogP contribution in [0.4, 0.5) is 0 Å². The second-order valence-electron chi connectivity index (χ2n) is 6.37. The van der Waals surface area contributed by atoms with Crippen molar-refractivity contribution in [3.8, 4) is 0 Å². The first-order valence-electron chi connectivity index (χ1n) is 9.03. The van der Waals surface area contributed by atoms with Crippen LogP contribution in [-0.4, -0.2) is 33.9 Å². The predicted octanol–water partition coefficient (Wildman–Crippen LogP) is 2.41. The van der Waals surface area contributed by atoms with E-state index in [4.69, 9.17) is 11.6 Å². The molecule has 1 aromatic carbocycles. The first-order chi connectivity index (χ1) is 12.7. The van der Waals surface area contributed by atoms with Crippen LogP contribution in [0.25, 0.3) is 0 Å². The molecule has 0 saturated heterocycles. The maximum absolute atomic E-state index is 12.3. The van der Waals surface area contributed by atoms with Crippen molar-refractivity contribution in [2.24, 2.45) is 4.99 Å². The van der Waals surface area contributed by atoms with Gasteiger partial charge < -0.3 is 10.6 Å². The standard InChI is InChI=1S/C18H25ClN6O.HI/c1-20-17(22-13-14-6-4-7-15(19)12-14)21-9-5-11-25-18(26)24-10-3-2-8-16(24)23-25;/h4,6-7,12H,2-3,5,8-11,13H2,1H3,(H2,20,21,22);1H. The third-order valence-electron chi connectivity index (χ3n) is 4.44. The molecule has 0 unspecified atom stereocenters. The highest BCUT2D eigenvalue weighted by Gasteiger charge is 2.16. The second-order valence-corrected chi connectivity index (χ2v) is 6.80. The van der Waals surface area contributed by atoms with Gasteiger partial charge in [0.15, 0.2) is 5.96 Å². The Balaban J connectivity index is 0.00000261. The number of benzene rings is 1. The molecule has 0 radical (unpaired) electrons. The average Bonchev–Trinajstić information content (AvgIpc) is 2.97. The topological polar surface area (TPSA) is 76.2 Å². The number of hydrogen-bond acceptors (Lipinski definition) is 3. The molecule has 0 atom stereocenters. The summed E-state index contributed by atoms with van der Waals surface area (Å²) in [5.41, 5.74) is 1.11. The Kier molecular flexibility index (Phi) is 8.62. The van der Waals surface area contributed by atoms with Crippen LogP contribution in [-0.2, 0) is 26.1 Å². The van der Waals surface area contributed by atoms with E-state index in [-0.39, 0.29) is 29.7 Å². The van der Waals surface area contributed by atoms with E-state index in [0.717, 1.165) is 54.6 Å².